The van der Waals surface area contributed by atoms with Crippen LogP contribution in [0.15, 0.2) is 97.3 Å². The maximum absolute atomic E-state index is 14.4. The summed E-state index contributed by atoms with van der Waals surface area (Å²) in [6.07, 6.45) is 8.10. The predicted octanol–water partition coefficient (Wildman–Crippen LogP) is 5.68. The fourth-order valence-electron chi connectivity index (χ4n) is 5.79. The molecule has 6 heteroatoms. The molecule has 2 heterocycles. The van der Waals surface area contributed by atoms with Gasteiger partial charge in [-0.2, -0.15) is 0 Å². The number of rotatable bonds is 8. The monoisotopic (exact) mass is 492 g/mol. The van der Waals surface area contributed by atoms with Gasteiger partial charge in [0.15, 0.2) is 5.54 Å². The van der Waals surface area contributed by atoms with E-state index in [9.17, 15) is 9.59 Å². The Balaban J connectivity index is 1.66. The summed E-state index contributed by atoms with van der Waals surface area (Å²) in [6, 6.07) is 27.0. The van der Waals surface area contributed by atoms with Gasteiger partial charge in [-0.25, -0.2) is 0 Å². The molecular weight excluding hydrogens is 460 g/mol. The van der Waals surface area contributed by atoms with Gasteiger partial charge in [0.2, 0.25) is 5.91 Å². The SMILES string of the molecule is NC(=O)C(c1ccncc1)(C1CCCCC1)N(Cc1ccccc1)C(=O)c1ccc(-c2ccccc2)[nH]1. The van der Waals surface area contributed by atoms with Crippen LogP contribution in [-0.4, -0.2) is 26.7 Å². The first-order chi connectivity index (χ1) is 18.1. The van der Waals surface area contributed by atoms with Crippen molar-refractivity contribution in [3.8, 4) is 11.3 Å². The Kier molecular flexibility index (Phi) is 7.17. The molecular formula is C31H32N4O2. The number of aromatic amines is 1. The summed E-state index contributed by atoms with van der Waals surface area (Å²) in [5, 5.41) is 0. The largest absolute Gasteiger partial charge is 0.367 e. The van der Waals surface area contributed by atoms with Crippen LogP contribution in [0.1, 0.15) is 53.7 Å². The highest BCUT2D eigenvalue weighted by molar-refractivity contribution is 5.99. The van der Waals surface area contributed by atoms with Crippen molar-refractivity contribution in [1.82, 2.24) is 14.9 Å². The summed E-state index contributed by atoms with van der Waals surface area (Å²) in [4.78, 5) is 37.3. The first-order valence-corrected chi connectivity index (χ1v) is 12.9. The number of hydrogen-bond acceptors (Lipinski definition) is 3. The fourth-order valence-corrected chi connectivity index (χ4v) is 5.79. The van der Waals surface area contributed by atoms with Gasteiger partial charge in [0.25, 0.3) is 5.91 Å². The molecule has 4 aromatic rings. The summed E-state index contributed by atoms with van der Waals surface area (Å²) in [5.74, 6) is -0.866. The molecule has 0 spiro atoms. The zero-order chi connectivity index (χ0) is 25.7. The second-order valence-corrected chi connectivity index (χ2v) is 9.73. The number of carbonyl (C=O) groups is 2. The molecule has 1 aliphatic carbocycles. The maximum atomic E-state index is 14.4. The van der Waals surface area contributed by atoms with Gasteiger partial charge in [-0.3, -0.25) is 14.6 Å². The molecule has 37 heavy (non-hydrogen) atoms. The minimum Gasteiger partial charge on any atom is -0.367 e. The van der Waals surface area contributed by atoms with Crippen LogP contribution in [0.25, 0.3) is 11.3 Å². The highest BCUT2D eigenvalue weighted by atomic mass is 16.2. The average Bonchev–Trinajstić information content (AvgIpc) is 3.45. The van der Waals surface area contributed by atoms with Crippen molar-refractivity contribution in [2.24, 2.45) is 11.7 Å². The van der Waals surface area contributed by atoms with E-state index in [-0.39, 0.29) is 18.4 Å². The highest BCUT2D eigenvalue weighted by Gasteiger charge is 2.52. The number of nitrogens with two attached hydrogens (primary N) is 1. The summed E-state index contributed by atoms with van der Waals surface area (Å²) >= 11 is 0. The van der Waals surface area contributed by atoms with Crippen LogP contribution in [0.2, 0.25) is 0 Å². The van der Waals surface area contributed by atoms with Crippen LogP contribution >= 0.6 is 0 Å². The lowest BCUT2D eigenvalue weighted by molar-refractivity contribution is -0.135. The first-order valence-electron chi connectivity index (χ1n) is 12.9. The lowest BCUT2D eigenvalue weighted by Crippen LogP contribution is -2.61. The summed E-state index contributed by atoms with van der Waals surface area (Å²) in [7, 11) is 0. The summed E-state index contributed by atoms with van der Waals surface area (Å²) < 4.78 is 0. The second-order valence-electron chi connectivity index (χ2n) is 9.73. The third-order valence-electron chi connectivity index (χ3n) is 7.55. The zero-order valence-corrected chi connectivity index (χ0v) is 20.8. The first kappa shape index (κ1) is 24.5. The van der Waals surface area contributed by atoms with Gasteiger partial charge in [0.1, 0.15) is 5.69 Å². The number of hydrogen-bond donors (Lipinski definition) is 2. The lowest BCUT2D eigenvalue weighted by atomic mass is 9.69. The molecule has 3 N–H and O–H groups in total. The highest BCUT2D eigenvalue weighted by Crippen LogP contribution is 2.45. The van der Waals surface area contributed by atoms with Gasteiger partial charge in [-0.05, 0) is 59.7 Å². The number of nitrogens with zero attached hydrogens (tertiary/aromatic N) is 2. The molecule has 0 aliphatic heterocycles. The molecule has 1 saturated carbocycles. The lowest BCUT2D eigenvalue weighted by Gasteiger charge is -2.48. The van der Waals surface area contributed by atoms with Crippen molar-refractivity contribution in [2.75, 3.05) is 0 Å². The Bertz CT molecular complexity index is 1330. The standard InChI is InChI=1S/C31H32N4O2/c32-30(37)31(25-14-8-3-9-15-25,26-18-20-33-21-19-26)35(22-23-10-4-1-5-11-23)29(36)28-17-16-27(34-28)24-12-6-2-7-13-24/h1-2,4-7,10-13,16-21,25,34H,3,8-9,14-15,22H2,(H2,32,37). The molecule has 6 nitrogen and oxygen atoms in total. The summed E-state index contributed by atoms with van der Waals surface area (Å²) in [6.45, 7) is 0.251. The van der Waals surface area contributed by atoms with E-state index in [1.54, 1.807) is 23.4 Å². The number of carbonyl (C=O) groups excluding carboxylic acids is 2. The molecule has 188 valence electrons. The molecule has 1 aliphatic rings. The number of nitrogens with one attached hydrogen (secondary N) is 1. The molecule has 2 amide bonds. The minimum absolute atomic E-state index is 0.0997. The number of benzene rings is 2. The molecule has 1 atom stereocenters. The third kappa shape index (κ3) is 4.79. The zero-order valence-electron chi connectivity index (χ0n) is 20.8. The maximum Gasteiger partial charge on any atom is 0.271 e. The minimum atomic E-state index is -1.31. The van der Waals surface area contributed by atoms with Crippen LogP contribution in [0.3, 0.4) is 0 Å². The number of pyridine rings is 1. The van der Waals surface area contributed by atoms with E-state index in [4.69, 9.17) is 5.73 Å². The number of aromatic nitrogens is 2. The number of amides is 2. The molecule has 0 bridgehead atoms. The predicted molar refractivity (Wildman–Crippen MR) is 144 cm³/mol. The topological polar surface area (TPSA) is 92.1 Å². The van der Waals surface area contributed by atoms with E-state index in [2.05, 4.69) is 9.97 Å². The second kappa shape index (κ2) is 10.8. The molecule has 5 rings (SSSR count). The van der Waals surface area contributed by atoms with E-state index in [1.165, 1.54) is 0 Å². The molecule has 0 radical (unpaired) electrons. The van der Waals surface area contributed by atoms with Crippen LogP contribution < -0.4 is 5.73 Å². The third-order valence-corrected chi connectivity index (χ3v) is 7.55. The van der Waals surface area contributed by atoms with E-state index < -0.39 is 11.4 Å². The van der Waals surface area contributed by atoms with Crippen molar-refractivity contribution in [2.45, 2.75) is 44.2 Å². The Morgan fingerprint density at radius 3 is 2.16 bits per heavy atom. The smallest absolute Gasteiger partial charge is 0.271 e. The van der Waals surface area contributed by atoms with Gasteiger partial charge < -0.3 is 15.6 Å². The van der Waals surface area contributed by atoms with Gasteiger partial charge in [-0.1, -0.05) is 79.9 Å². The van der Waals surface area contributed by atoms with Crippen molar-refractivity contribution in [1.29, 1.82) is 0 Å². The van der Waals surface area contributed by atoms with Crippen molar-refractivity contribution in [3.63, 3.8) is 0 Å². The summed E-state index contributed by atoms with van der Waals surface area (Å²) in [5.41, 5.74) is 8.92. The molecule has 1 unspecified atom stereocenters. The Morgan fingerprint density at radius 1 is 0.865 bits per heavy atom. The quantitative estimate of drug-likeness (QED) is 0.331. The van der Waals surface area contributed by atoms with Gasteiger partial charge in [0.05, 0.1) is 0 Å². The van der Waals surface area contributed by atoms with E-state index in [1.807, 2.05) is 78.9 Å². The molecule has 2 aromatic heterocycles. The van der Waals surface area contributed by atoms with E-state index in [0.29, 0.717) is 11.3 Å². The molecule has 0 saturated heterocycles. The normalized spacial score (nSPS) is 15.6. The van der Waals surface area contributed by atoms with E-state index in [0.717, 1.165) is 48.9 Å². The fraction of sp³-hybridized carbons (Fsp3) is 0.258. The van der Waals surface area contributed by atoms with E-state index >= 15 is 0 Å². The van der Waals surface area contributed by atoms with Crippen LogP contribution in [-0.2, 0) is 16.9 Å². The van der Waals surface area contributed by atoms with Gasteiger partial charge in [0, 0.05) is 24.6 Å². The number of primary amides is 1. The Morgan fingerprint density at radius 2 is 1.51 bits per heavy atom. The van der Waals surface area contributed by atoms with Crippen LogP contribution in [0.4, 0.5) is 0 Å². The molecule has 1 fully saturated rings. The van der Waals surface area contributed by atoms with Gasteiger partial charge >= 0.3 is 0 Å². The Labute approximate surface area is 217 Å². The van der Waals surface area contributed by atoms with Crippen LogP contribution in [0, 0.1) is 5.92 Å². The van der Waals surface area contributed by atoms with Crippen molar-refractivity contribution in [3.05, 3.63) is 114 Å². The van der Waals surface area contributed by atoms with Crippen molar-refractivity contribution >= 4 is 11.8 Å². The van der Waals surface area contributed by atoms with Crippen molar-refractivity contribution < 1.29 is 9.59 Å². The molecule has 2 aromatic carbocycles. The number of H-pyrrole nitrogens is 1. The van der Waals surface area contributed by atoms with Crippen LogP contribution in [0.5, 0.6) is 0 Å². The van der Waals surface area contributed by atoms with Gasteiger partial charge in [-0.15, -0.1) is 0 Å². The Hall–Kier alpha value is -4.19. The average molecular weight is 493 g/mol.